The predicted octanol–water partition coefficient (Wildman–Crippen LogP) is 22.0. The van der Waals surface area contributed by atoms with Crippen LogP contribution < -0.4 is 5.32 Å². The van der Waals surface area contributed by atoms with Crippen LogP contribution in [0.3, 0.4) is 0 Å². The first-order valence-electron chi connectivity index (χ1n) is 41.7. The molecule has 590 valence electrons. The highest BCUT2D eigenvalue weighted by Gasteiger charge is 2.56. The number of likely N-dealkylation sites (tertiary alicyclic amines) is 2. The van der Waals surface area contributed by atoms with Crippen LogP contribution >= 0.6 is 0 Å². The number of piperidine rings is 2. The van der Waals surface area contributed by atoms with E-state index in [0.29, 0.717) is 99.7 Å². The number of hydrogen-bond acceptors (Lipinski definition) is 11. The lowest BCUT2D eigenvalue weighted by Crippen LogP contribution is -2.49. The summed E-state index contributed by atoms with van der Waals surface area (Å²) in [7, 11) is 0. The molecule has 7 heterocycles. The minimum Gasteiger partial charge on any atom is -0.461 e. The van der Waals surface area contributed by atoms with E-state index in [4.69, 9.17) is 29.2 Å². The monoisotopic (exact) mass is 1560 g/mol. The first-order valence-corrected chi connectivity index (χ1v) is 41.7. The van der Waals surface area contributed by atoms with Crippen LogP contribution in [0.25, 0.3) is 67.0 Å². The summed E-state index contributed by atoms with van der Waals surface area (Å²) in [5, 5.41) is 3.77. The van der Waals surface area contributed by atoms with Crippen LogP contribution in [-0.2, 0) is 63.5 Å². The largest absolute Gasteiger partial charge is 0.461 e. The van der Waals surface area contributed by atoms with Gasteiger partial charge in [-0.2, -0.15) is 17.6 Å². The molecule has 3 saturated heterocycles. The number of halogens is 4. The van der Waals surface area contributed by atoms with Crippen LogP contribution in [-0.4, -0.2) is 90.0 Å². The van der Waals surface area contributed by atoms with E-state index >= 15 is 17.6 Å². The van der Waals surface area contributed by atoms with Gasteiger partial charge in [0.15, 0.2) is 0 Å². The van der Waals surface area contributed by atoms with Gasteiger partial charge in [-0.15, -0.1) is 0 Å². The van der Waals surface area contributed by atoms with Crippen LogP contribution in [0.5, 0.6) is 0 Å². The van der Waals surface area contributed by atoms with Gasteiger partial charge in [0.25, 0.3) is 11.8 Å². The normalized spacial score (nSPS) is 23.5. The first kappa shape index (κ1) is 73.1. The van der Waals surface area contributed by atoms with Crippen molar-refractivity contribution in [1.29, 1.82) is 0 Å². The summed E-state index contributed by atoms with van der Waals surface area (Å²) < 4.78 is 81.9. The summed E-state index contributed by atoms with van der Waals surface area (Å²) in [6.07, 6.45) is 20.3. The topological polar surface area (TPSA) is 179 Å². The summed E-state index contributed by atoms with van der Waals surface area (Å²) in [6, 6.07) is 63.6. The molecule has 2 spiro atoms. The summed E-state index contributed by atoms with van der Waals surface area (Å²) in [4.78, 5) is 67.3. The van der Waals surface area contributed by atoms with E-state index in [1.807, 2.05) is 157 Å². The zero-order chi connectivity index (χ0) is 79.1. The van der Waals surface area contributed by atoms with Gasteiger partial charge in [0.05, 0.1) is 47.2 Å². The lowest BCUT2D eigenvalue weighted by molar-refractivity contribution is -0.142. The van der Waals surface area contributed by atoms with Crippen molar-refractivity contribution in [3.8, 4) is 67.0 Å². The number of aliphatic imine (C=N–C) groups is 2. The first-order chi connectivity index (χ1) is 56.9. The van der Waals surface area contributed by atoms with Crippen LogP contribution in [0.15, 0.2) is 223 Å². The number of nitrogens with one attached hydrogen (secondary N) is 3. The summed E-state index contributed by atoms with van der Waals surface area (Å²) in [6.45, 7) is 2.80. The van der Waals surface area contributed by atoms with Gasteiger partial charge in [-0.05, 0) is 233 Å². The van der Waals surface area contributed by atoms with Gasteiger partial charge in [-0.3, -0.25) is 24.6 Å². The minimum atomic E-state index is -3.23. The number of esters is 1. The summed E-state index contributed by atoms with van der Waals surface area (Å²) in [5.74, 6) is -3.38. The zero-order valence-electron chi connectivity index (χ0n) is 65.1. The molecule has 12 aliphatic rings. The van der Waals surface area contributed by atoms with Gasteiger partial charge in [-0.25, -0.2) is 19.6 Å². The Morgan fingerprint density at radius 2 is 0.949 bits per heavy atom. The van der Waals surface area contributed by atoms with Crippen molar-refractivity contribution in [2.75, 3.05) is 6.54 Å². The maximum Gasteiger partial charge on any atom is 0.410 e. The minimum absolute atomic E-state index is 0.0214. The number of aromatic nitrogens is 4. The van der Waals surface area contributed by atoms with Gasteiger partial charge in [0.2, 0.25) is 0 Å². The average Bonchev–Trinajstić information content (AvgIpc) is 1.59. The molecular formula is C98H89F4N9O6. The van der Waals surface area contributed by atoms with Crippen molar-refractivity contribution < 1.29 is 46.2 Å². The third-order valence-electron chi connectivity index (χ3n) is 27.5. The van der Waals surface area contributed by atoms with E-state index in [9.17, 15) is 14.4 Å². The zero-order valence-corrected chi connectivity index (χ0v) is 65.1. The van der Waals surface area contributed by atoms with Crippen molar-refractivity contribution in [3.05, 3.63) is 274 Å². The number of imidazole rings is 2. The van der Waals surface area contributed by atoms with Crippen LogP contribution in [0.4, 0.5) is 38.5 Å². The standard InChI is InChI=1S/C52H45F2N5O4.C37H34F2N4.C9H10O2/c53-52(54)41-23-34(33-14-18-43-37(21-33)25-44(56-43)47-36-11-15-38(22-36)59(47)50(61)63-29-32-9-5-2-6-10-32)12-16-39(41)40-17-13-35(24-42(40)52)45-27-55-48(57-45)46-26-51(19-20-51)30-58(46)49(60)62-28-31-7-3-1-4-8-31;38-37(39)29-15-21(20-4-8-31-25(13-20)17-32(42-31)34-23-1-5-26(14-23)41-34)2-6-27(29)28-7-3-22(16-30(28)37)33-19-40-35(43-33)24-9-10-36(18-24)11-12-36;1-8(10)11-7-9-5-3-2-4-6-9/h1-10,12-14,16-18,21,23-24,27,36,38,46-47H,11,15,19-20,22,25-26,28-30H2,(H,55,57);2-4,6-8,13,15-16,19,23-24,26,34,41H,1,5,9-12,14,17-18H2,(H,40,43);2-6H,7H2,1H3/t36-,38+,46-,47?;23-,24-,26+,34?;/m00./s1. The second-order valence-electron chi connectivity index (χ2n) is 34.9. The summed E-state index contributed by atoms with van der Waals surface area (Å²) >= 11 is 0. The Labute approximate surface area is 676 Å². The van der Waals surface area contributed by atoms with E-state index < -0.39 is 11.8 Å². The molecule has 4 bridgehead atoms. The number of amides is 2. The maximum absolute atomic E-state index is 16.6. The number of carbonyl (C=O) groups excluding carboxylic acids is 3. The molecule has 8 fully saturated rings. The maximum atomic E-state index is 16.6. The Morgan fingerprint density at radius 3 is 1.47 bits per heavy atom. The highest BCUT2D eigenvalue weighted by Crippen LogP contribution is 2.63. The van der Waals surface area contributed by atoms with Crippen molar-refractivity contribution in [3.63, 3.8) is 0 Å². The third kappa shape index (κ3) is 13.5. The number of fused-ring (bicyclic) bond motifs is 12. The Hall–Kier alpha value is -11.6. The number of carbonyl (C=O) groups is 3. The molecule has 0 radical (unpaired) electrons. The molecule has 5 aliphatic heterocycles. The number of ether oxygens (including phenoxy) is 3. The molecule has 19 heteroatoms. The smallest absolute Gasteiger partial charge is 0.410 e. The molecule has 8 atom stereocenters. The van der Waals surface area contributed by atoms with Gasteiger partial charge < -0.3 is 29.5 Å². The van der Waals surface area contributed by atoms with Crippen molar-refractivity contribution >= 4 is 41.0 Å². The Morgan fingerprint density at radius 1 is 0.470 bits per heavy atom. The van der Waals surface area contributed by atoms with Crippen molar-refractivity contribution in [2.45, 2.75) is 177 Å². The second kappa shape index (κ2) is 28.7. The van der Waals surface area contributed by atoms with Crippen molar-refractivity contribution in [2.24, 2.45) is 32.7 Å². The number of aromatic amines is 2. The molecule has 15 nitrogen and oxygen atoms in total. The average molecular weight is 1560 g/mol. The van der Waals surface area contributed by atoms with E-state index in [1.165, 1.54) is 69.6 Å². The van der Waals surface area contributed by atoms with Crippen LogP contribution in [0.1, 0.15) is 170 Å². The number of alkyl halides is 4. The third-order valence-corrected chi connectivity index (χ3v) is 27.5. The molecule has 2 unspecified atom stereocenters. The molecule has 9 aromatic carbocycles. The number of nitrogens with zero attached hydrogens (tertiary/aromatic N) is 6. The number of H-pyrrole nitrogens is 2. The molecule has 117 heavy (non-hydrogen) atoms. The lowest BCUT2D eigenvalue weighted by Gasteiger charge is -2.34. The van der Waals surface area contributed by atoms with E-state index in [-0.39, 0.29) is 77.2 Å². The lowest BCUT2D eigenvalue weighted by atomic mass is 9.91. The Kier molecular flexibility index (Phi) is 17.9. The molecule has 7 aliphatic carbocycles. The SMILES string of the molecule is CC(=O)OCc1ccccc1.FC1(F)c2cc(-c3ccc4c(c3)CC(C3N[C@@H]5CC[C@H]3C5)=N4)ccc2-c2ccc(-c3cnc([C@H]4CCC5(CC5)C4)[nH]3)cc21.O=C(OCc1ccccc1)N1CC2(CC2)C[C@H]1c1ncc(-c2ccc3c(c2)C(F)(F)c2cc(-c4ccc5c(c4)CC(C4[C@H]6CC[C@H](C6)N4C(=O)OCc4ccccc4)=N5)ccc2-3)[nH]1. The van der Waals surface area contributed by atoms with E-state index in [1.54, 1.807) is 47.5 Å². The van der Waals surface area contributed by atoms with Crippen molar-refractivity contribution in [1.82, 2.24) is 35.1 Å². The predicted molar refractivity (Wildman–Crippen MR) is 441 cm³/mol. The molecule has 3 N–H and O–H groups in total. The fourth-order valence-electron chi connectivity index (χ4n) is 21.0. The van der Waals surface area contributed by atoms with Gasteiger partial charge in [0, 0.05) is 95.2 Å². The number of hydrogen-bond donors (Lipinski definition) is 3. The fraction of sp³-hybridized carbons (Fsp3) is 0.337. The molecule has 11 aromatic rings. The number of benzene rings is 9. The second-order valence-corrected chi connectivity index (χ2v) is 34.9. The van der Waals surface area contributed by atoms with Gasteiger partial charge in [0.1, 0.15) is 31.5 Å². The molecule has 2 amide bonds. The highest BCUT2D eigenvalue weighted by atomic mass is 19.3. The van der Waals surface area contributed by atoms with Crippen LogP contribution in [0, 0.1) is 22.7 Å². The molecule has 5 saturated carbocycles. The van der Waals surface area contributed by atoms with Gasteiger partial charge >= 0.3 is 18.2 Å². The summed E-state index contributed by atoms with van der Waals surface area (Å²) in [5.41, 5.74) is 18.4. The number of rotatable bonds is 14. The Bertz CT molecular complexity index is 5850. The highest BCUT2D eigenvalue weighted by molar-refractivity contribution is 6.01. The molecule has 2 aromatic heterocycles. The van der Waals surface area contributed by atoms with E-state index in [0.717, 1.165) is 118 Å². The Balaban J connectivity index is 0.000000136. The fourth-order valence-corrected chi connectivity index (χ4v) is 21.0. The van der Waals surface area contributed by atoms with Crippen LogP contribution in [0.2, 0.25) is 0 Å². The van der Waals surface area contributed by atoms with Gasteiger partial charge in [-0.1, -0.05) is 152 Å². The molecular weight excluding hydrogens is 1480 g/mol. The quantitative estimate of drug-likeness (QED) is 0.0543. The molecule has 23 rings (SSSR count). The van der Waals surface area contributed by atoms with E-state index in [2.05, 4.69) is 38.5 Å².